The lowest BCUT2D eigenvalue weighted by atomic mass is 10.2. The molecule has 0 atom stereocenters. The molecule has 2 N–H and O–H groups in total. The number of phenolic OH excluding ortho intramolecular Hbond substituents is 1. The Hall–Kier alpha value is -3.39. The number of aromatic nitrogens is 5. The lowest BCUT2D eigenvalue weighted by Crippen LogP contribution is -2.11. The minimum absolute atomic E-state index is 0.136. The molecule has 0 amide bonds. The summed E-state index contributed by atoms with van der Waals surface area (Å²) >= 11 is 1.41. The molecule has 0 spiro atoms. The van der Waals surface area contributed by atoms with Crippen LogP contribution in [0.2, 0.25) is 0 Å². The van der Waals surface area contributed by atoms with E-state index >= 15 is 0 Å². The molecule has 0 bridgehead atoms. The molecule has 0 aliphatic heterocycles. The number of aromatic hydroxyl groups is 1. The maximum Gasteiger partial charge on any atom is 0.258 e. The summed E-state index contributed by atoms with van der Waals surface area (Å²) in [4.78, 5) is 19.6. The normalized spacial score (nSPS) is 11.0. The first kappa shape index (κ1) is 18.0. The summed E-state index contributed by atoms with van der Waals surface area (Å²) in [5.41, 5.74) is 1.09. The second-order valence-corrected chi connectivity index (χ2v) is 6.98. The van der Waals surface area contributed by atoms with E-state index in [2.05, 4.69) is 26.7 Å². The van der Waals surface area contributed by atoms with E-state index in [1.165, 1.54) is 11.8 Å². The molecule has 0 fully saturated rings. The van der Waals surface area contributed by atoms with Crippen molar-refractivity contribution in [2.24, 2.45) is 0 Å². The number of thioether (sulfide) groups is 1. The third-order valence-electron chi connectivity index (χ3n) is 4.17. The zero-order chi connectivity index (χ0) is 19.5. The van der Waals surface area contributed by atoms with Crippen molar-refractivity contribution in [2.75, 3.05) is 0 Å². The van der Waals surface area contributed by atoms with E-state index in [1.54, 1.807) is 30.3 Å². The largest absolute Gasteiger partial charge is 0.507 e. The van der Waals surface area contributed by atoms with Crippen LogP contribution in [-0.4, -0.2) is 29.8 Å². The number of hydrogen-bond donors (Lipinski definition) is 2. The summed E-state index contributed by atoms with van der Waals surface area (Å²) in [6, 6.07) is 14.2. The van der Waals surface area contributed by atoms with Gasteiger partial charge in [-0.1, -0.05) is 42.1 Å². The van der Waals surface area contributed by atoms with Crippen LogP contribution in [0.25, 0.3) is 22.3 Å². The van der Waals surface area contributed by atoms with Gasteiger partial charge in [0.25, 0.3) is 5.56 Å². The Balaban J connectivity index is 1.65. The van der Waals surface area contributed by atoms with Crippen LogP contribution < -0.4 is 5.56 Å². The summed E-state index contributed by atoms with van der Waals surface area (Å²) in [6.45, 7) is 4.28. The van der Waals surface area contributed by atoms with Gasteiger partial charge in [-0.3, -0.25) is 9.36 Å². The van der Waals surface area contributed by atoms with Crippen LogP contribution in [0.5, 0.6) is 5.75 Å². The molecule has 0 aliphatic carbocycles. The number of phenols is 1. The molecule has 0 radical (unpaired) electrons. The fourth-order valence-electron chi connectivity index (χ4n) is 2.89. The standard InChI is InChI=1S/C20H17N5O2S/c1-2-11-25-18(14-8-4-6-10-16(14)26)23-24-20(25)28-12-17-21-15-9-5-3-7-13(15)19(27)22-17/h2-10,26H,1,11-12H2,(H,21,22,27). The van der Waals surface area contributed by atoms with Crippen molar-refractivity contribution in [3.63, 3.8) is 0 Å². The first-order valence-electron chi connectivity index (χ1n) is 8.60. The van der Waals surface area contributed by atoms with Crippen LogP contribution in [0, 0.1) is 0 Å². The van der Waals surface area contributed by atoms with E-state index in [9.17, 15) is 9.90 Å². The van der Waals surface area contributed by atoms with Gasteiger partial charge in [0.05, 0.1) is 22.2 Å². The minimum Gasteiger partial charge on any atom is -0.507 e. The molecule has 0 unspecified atom stereocenters. The summed E-state index contributed by atoms with van der Waals surface area (Å²) in [6.07, 6.45) is 1.74. The van der Waals surface area contributed by atoms with Crippen molar-refractivity contribution in [1.29, 1.82) is 0 Å². The number of nitrogens with zero attached hydrogens (tertiary/aromatic N) is 4. The molecule has 28 heavy (non-hydrogen) atoms. The number of nitrogens with one attached hydrogen (secondary N) is 1. The first-order valence-corrected chi connectivity index (χ1v) is 9.59. The zero-order valence-corrected chi connectivity index (χ0v) is 15.7. The van der Waals surface area contributed by atoms with Crippen molar-refractivity contribution in [1.82, 2.24) is 24.7 Å². The number of H-pyrrole nitrogens is 1. The Bertz CT molecular complexity index is 1210. The average Bonchev–Trinajstić information content (AvgIpc) is 3.09. The van der Waals surface area contributed by atoms with E-state index in [1.807, 2.05) is 28.8 Å². The van der Waals surface area contributed by atoms with Gasteiger partial charge in [-0.05, 0) is 24.3 Å². The molecule has 4 aromatic rings. The number of fused-ring (bicyclic) bond motifs is 1. The van der Waals surface area contributed by atoms with Gasteiger partial charge >= 0.3 is 0 Å². The minimum atomic E-state index is -0.163. The predicted octanol–water partition coefficient (Wildman–Crippen LogP) is 3.37. The second-order valence-electron chi connectivity index (χ2n) is 6.04. The van der Waals surface area contributed by atoms with Crippen molar-refractivity contribution in [3.8, 4) is 17.1 Å². The summed E-state index contributed by atoms with van der Waals surface area (Å²) in [5.74, 6) is 1.68. The molecule has 0 aliphatic rings. The van der Waals surface area contributed by atoms with E-state index in [4.69, 9.17) is 0 Å². The molecule has 4 rings (SSSR count). The Labute approximate surface area is 164 Å². The fourth-order valence-corrected chi connectivity index (χ4v) is 3.71. The third-order valence-corrected chi connectivity index (χ3v) is 5.15. The maximum absolute atomic E-state index is 12.2. The van der Waals surface area contributed by atoms with E-state index in [0.717, 1.165) is 0 Å². The molecule has 140 valence electrons. The van der Waals surface area contributed by atoms with Crippen LogP contribution in [0.1, 0.15) is 5.82 Å². The lowest BCUT2D eigenvalue weighted by Gasteiger charge is -2.09. The van der Waals surface area contributed by atoms with Crippen molar-refractivity contribution < 1.29 is 5.11 Å². The van der Waals surface area contributed by atoms with Gasteiger partial charge < -0.3 is 10.1 Å². The summed E-state index contributed by atoms with van der Waals surface area (Å²) in [5, 5.41) is 19.8. The highest BCUT2D eigenvalue weighted by molar-refractivity contribution is 7.98. The monoisotopic (exact) mass is 391 g/mol. The van der Waals surface area contributed by atoms with Gasteiger partial charge in [0.1, 0.15) is 11.6 Å². The molecule has 7 nitrogen and oxygen atoms in total. The smallest absolute Gasteiger partial charge is 0.258 e. The summed E-state index contributed by atoms with van der Waals surface area (Å²) in [7, 11) is 0. The third kappa shape index (κ3) is 3.41. The van der Waals surface area contributed by atoms with Gasteiger partial charge in [-0.15, -0.1) is 16.8 Å². The molecular weight excluding hydrogens is 374 g/mol. The van der Waals surface area contributed by atoms with Crippen LogP contribution >= 0.6 is 11.8 Å². The van der Waals surface area contributed by atoms with Crippen LogP contribution in [0.3, 0.4) is 0 Å². The van der Waals surface area contributed by atoms with Gasteiger partial charge in [-0.2, -0.15) is 0 Å². The predicted molar refractivity (Wildman–Crippen MR) is 109 cm³/mol. The molecule has 0 saturated heterocycles. The SMILES string of the molecule is C=CCn1c(SCc2nc3ccccc3c(=O)[nH]2)nnc1-c1ccccc1O. The molecule has 2 aromatic carbocycles. The van der Waals surface area contributed by atoms with Gasteiger partial charge in [0, 0.05) is 6.54 Å². The first-order chi connectivity index (χ1) is 13.7. The maximum atomic E-state index is 12.2. The zero-order valence-electron chi connectivity index (χ0n) is 14.9. The van der Waals surface area contributed by atoms with E-state index in [0.29, 0.717) is 45.6 Å². The molecule has 8 heteroatoms. The molecular formula is C20H17N5O2S. The van der Waals surface area contributed by atoms with Crippen LogP contribution in [-0.2, 0) is 12.3 Å². The Kier molecular flexibility index (Phi) is 4.94. The van der Waals surface area contributed by atoms with Crippen LogP contribution in [0.15, 0.2) is 71.1 Å². The highest BCUT2D eigenvalue weighted by Gasteiger charge is 2.16. The Morgan fingerprint density at radius 2 is 1.93 bits per heavy atom. The van der Waals surface area contributed by atoms with Crippen molar-refractivity contribution in [3.05, 3.63) is 77.4 Å². The number of benzene rings is 2. The summed E-state index contributed by atoms with van der Waals surface area (Å²) < 4.78 is 1.87. The van der Waals surface area contributed by atoms with E-state index < -0.39 is 0 Å². The number of allylic oxidation sites excluding steroid dienone is 1. The van der Waals surface area contributed by atoms with Crippen LogP contribution in [0.4, 0.5) is 0 Å². The Morgan fingerprint density at radius 3 is 2.75 bits per heavy atom. The van der Waals surface area contributed by atoms with Gasteiger partial charge in [0.2, 0.25) is 0 Å². The highest BCUT2D eigenvalue weighted by Crippen LogP contribution is 2.30. The quantitative estimate of drug-likeness (QED) is 0.386. The van der Waals surface area contributed by atoms with Crippen molar-refractivity contribution in [2.45, 2.75) is 17.5 Å². The average molecular weight is 391 g/mol. The topological polar surface area (TPSA) is 96.7 Å². The second kappa shape index (κ2) is 7.69. The fraction of sp³-hybridized carbons (Fsp3) is 0.100. The number of hydrogen-bond acceptors (Lipinski definition) is 6. The van der Waals surface area contributed by atoms with E-state index in [-0.39, 0.29) is 11.3 Å². The highest BCUT2D eigenvalue weighted by atomic mass is 32.2. The number of rotatable bonds is 6. The van der Waals surface area contributed by atoms with Gasteiger partial charge in [-0.25, -0.2) is 4.98 Å². The lowest BCUT2D eigenvalue weighted by molar-refractivity contribution is 0.476. The molecule has 0 saturated carbocycles. The number of para-hydroxylation sites is 2. The molecule has 2 heterocycles. The Morgan fingerprint density at radius 1 is 1.14 bits per heavy atom. The molecule has 2 aromatic heterocycles. The number of aromatic amines is 1. The van der Waals surface area contributed by atoms with Crippen molar-refractivity contribution >= 4 is 22.7 Å². The van der Waals surface area contributed by atoms with Gasteiger partial charge in [0.15, 0.2) is 11.0 Å².